The van der Waals surface area contributed by atoms with Crippen LogP contribution in [0.4, 0.5) is 10.5 Å². The lowest BCUT2D eigenvalue weighted by Gasteiger charge is -2.32. The molecule has 3 rings (SSSR count). The van der Waals surface area contributed by atoms with Crippen molar-refractivity contribution in [2.45, 2.75) is 6.10 Å². The van der Waals surface area contributed by atoms with Crippen LogP contribution in [0.25, 0.3) is 11.1 Å². The fourth-order valence-corrected chi connectivity index (χ4v) is 3.26. The third-order valence-electron chi connectivity index (χ3n) is 3.75. The lowest BCUT2D eigenvalue weighted by molar-refractivity contribution is -0.0481. The summed E-state index contributed by atoms with van der Waals surface area (Å²) in [4.78, 5) is 14.2. The molecule has 23 heavy (non-hydrogen) atoms. The van der Waals surface area contributed by atoms with E-state index in [9.17, 15) is 4.79 Å². The Kier molecular flexibility index (Phi) is 5.27. The van der Waals surface area contributed by atoms with Crippen LogP contribution in [0.15, 0.2) is 41.1 Å². The molecule has 122 valence electrons. The smallest absolute Gasteiger partial charge is 0.322 e. The maximum absolute atomic E-state index is 12.4. The second-order valence-electron chi connectivity index (χ2n) is 5.42. The number of rotatable bonds is 4. The molecule has 1 atom stereocenters. The van der Waals surface area contributed by atoms with Crippen LogP contribution in [-0.4, -0.2) is 50.4 Å². The summed E-state index contributed by atoms with van der Waals surface area (Å²) in [5, 5.41) is 7.11. The first-order valence-corrected chi connectivity index (χ1v) is 8.49. The molecule has 1 fully saturated rings. The van der Waals surface area contributed by atoms with Crippen molar-refractivity contribution in [1.29, 1.82) is 0 Å². The van der Waals surface area contributed by atoms with Crippen LogP contribution in [0, 0.1) is 0 Å². The largest absolute Gasteiger partial charge is 0.382 e. The molecule has 2 amide bonds. The highest BCUT2D eigenvalue weighted by Gasteiger charge is 2.24. The van der Waals surface area contributed by atoms with Crippen molar-refractivity contribution >= 4 is 23.1 Å². The Morgan fingerprint density at radius 1 is 1.43 bits per heavy atom. The van der Waals surface area contributed by atoms with E-state index in [0.717, 1.165) is 16.8 Å². The van der Waals surface area contributed by atoms with Gasteiger partial charge in [-0.1, -0.05) is 12.1 Å². The summed E-state index contributed by atoms with van der Waals surface area (Å²) in [6, 6.07) is 9.87. The van der Waals surface area contributed by atoms with Gasteiger partial charge in [0.2, 0.25) is 0 Å². The molecule has 0 saturated carbocycles. The molecule has 1 N–H and O–H groups in total. The van der Waals surface area contributed by atoms with Crippen LogP contribution in [-0.2, 0) is 9.47 Å². The molecule has 0 bridgehead atoms. The zero-order valence-electron chi connectivity index (χ0n) is 13.0. The molecule has 2 heterocycles. The number of amides is 2. The molecule has 5 nitrogen and oxygen atoms in total. The van der Waals surface area contributed by atoms with Gasteiger partial charge in [0.15, 0.2) is 0 Å². The van der Waals surface area contributed by atoms with Gasteiger partial charge in [0, 0.05) is 19.3 Å². The minimum atomic E-state index is -0.100. The number of morpholine rings is 1. The van der Waals surface area contributed by atoms with E-state index < -0.39 is 0 Å². The number of hydrogen-bond donors (Lipinski definition) is 1. The number of hydrogen-bond acceptors (Lipinski definition) is 4. The van der Waals surface area contributed by atoms with Gasteiger partial charge in [-0.3, -0.25) is 0 Å². The number of urea groups is 1. The number of ether oxygens (including phenoxy) is 2. The van der Waals surface area contributed by atoms with E-state index in [1.165, 1.54) is 0 Å². The number of methoxy groups -OCH3 is 1. The van der Waals surface area contributed by atoms with E-state index in [0.29, 0.717) is 26.3 Å². The first-order valence-electron chi connectivity index (χ1n) is 7.55. The molecule has 1 saturated heterocycles. The zero-order chi connectivity index (χ0) is 16.1. The quantitative estimate of drug-likeness (QED) is 0.935. The van der Waals surface area contributed by atoms with Crippen molar-refractivity contribution < 1.29 is 14.3 Å². The molecular weight excluding hydrogens is 312 g/mol. The normalized spacial score (nSPS) is 18.0. The third-order valence-corrected chi connectivity index (χ3v) is 4.43. The number of nitrogens with zero attached hydrogens (tertiary/aromatic N) is 1. The minimum absolute atomic E-state index is 0.0587. The summed E-state index contributed by atoms with van der Waals surface area (Å²) in [6.45, 7) is 2.17. The fraction of sp³-hybridized carbons (Fsp3) is 0.353. The molecule has 0 spiro atoms. The van der Waals surface area contributed by atoms with Gasteiger partial charge in [0.25, 0.3) is 0 Å². The summed E-state index contributed by atoms with van der Waals surface area (Å²) in [5.41, 5.74) is 3.06. The van der Waals surface area contributed by atoms with Gasteiger partial charge >= 0.3 is 6.03 Å². The Hall–Kier alpha value is -1.89. The first kappa shape index (κ1) is 16.0. The van der Waals surface area contributed by atoms with Crippen molar-refractivity contribution in [2.24, 2.45) is 0 Å². The van der Waals surface area contributed by atoms with E-state index in [-0.39, 0.29) is 12.1 Å². The van der Waals surface area contributed by atoms with Gasteiger partial charge in [0.05, 0.1) is 25.9 Å². The van der Waals surface area contributed by atoms with Crippen molar-refractivity contribution in [2.75, 3.05) is 38.7 Å². The molecule has 0 aliphatic carbocycles. The van der Waals surface area contributed by atoms with Gasteiger partial charge in [-0.05, 0) is 40.1 Å². The van der Waals surface area contributed by atoms with Gasteiger partial charge in [-0.2, -0.15) is 11.3 Å². The minimum Gasteiger partial charge on any atom is -0.382 e. The van der Waals surface area contributed by atoms with Gasteiger partial charge in [-0.15, -0.1) is 0 Å². The van der Waals surface area contributed by atoms with Crippen LogP contribution in [0.1, 0.15) is 0 Å². The van der Waals surface area contributed by atoms with Crippen LogP contribution in [0.3, 0.4) is 0 Å². The second kappa shape index (κ2) is 7.59. The summed E-state index contributed by atoms with van der Waals surface area (Å²) < 4.78 is 10.7. The number of benzene rings is 1. The molecule has 1 aliphatic rings. The molecule has 0 unspecified atom stereocenters. The third kappa shape index (κ3) is 4.10. The number of carbonyl (C=O) groups is 1. The van der Waals surface area contributed by atoms with Crippen LogP contribution < -0.4 is 5.32 Å². The topological polar surface area (TPSA) is 50.8 Å². The number of anilines is 1. The van der Waals surface area contributed by atoms with E-state index in [4.69, 9.17) is 9.47 Å². The van der Waals surface area contributed by atoms with E-state index in [1.807, 2.05) is 29.6 Å². The van der Waals surface area contributed by atoms with Crippen molar-refractivity contribution in [3.63, 3.8) is 0 Å². The van der Waals surface area contributed by atoms with Gasteiger partial charge in [0.1, 0.15) is 0 Å². The van der Waals surface area contributed by atoms with Gasteiger partial charge < -0.3 is 19.7 Å². The number of nitrogens with one attached hydrogen (secondary N) is 1. The second-order valence-corrected chi connectivity index (χ2v) is 6.20. The predicted octanol–water partition coefficient (Wildman–Crippen LogP) is 3.29. The monoisotopic (exact) mass is 332 g/mol. The lowest BCUT2D eigenvalue weighted by atomic mass is 10.1. The molecule has 0 radical (unpaired) electrons. The van der Waals surface area contributed by atoms with Crippen LogP contribution >= 0.6 is 11.3 Å². The Balaban J connectivity index is 1.65. The molecule has 1 aromatic heterocycles. The predicted molar refractivity (Wildman–Crippen MR) is 92.0 cm³/mol. The molecular formula is C17H20N2O3S. The summed E-state index contributed by atoms with van der Waals surface area (Å²) >= 11 is 1.66. The summed E-state index contributed by atoms with van der Waals surface area (Å²) in [6.07, 6.45) is -0.0587. The molecule has 2 aromatic rings. The zero-order valence-corrected chi connectivity index (χ0v) is 13.8. The highest BCUT2D eigenvalue weighted by molar-refractivity contribution is 7.08. The van der Waals surface area contributed by atoms with Crippen molar-refractivity contribution in [1.82, 2.24) is 4.90 Å². The highest BCUT2D eigenvalue weighted by atomic mass is 32.1. The molecule has 1 aromatic carbocycles. The molecule has 6 heteroatoms. The highest BCUT2D eigenvalue weighted by Crippen LogP contribution is 2.25. The standard InChI is InChI=1S/C17H20N2O3S/c1-21-11-16-10-19(6-7-22-16)17(20)18-15-4-2-3-13(9-15)14-5-8-23-12-14/h2-5,8-9,12,16H,6-7,10-11H2,1H3,(H,18,20)/t16-/m1/s1. The lowest BCUT2D eigenvalue weighted by Crippen LogP contribution is -2.48. The summed E-state index contributed by atoms with van der Waals surface area (Å²) in [7, 11) is 1.64. The van der Waals surface area contributed by atoms with E-state index in [2.05, 4.69) is 16.8 Å². The SMILES string of the molecule is COC[C@H]1CN(C(=O)Nc2cccc(-c3ccsc3)c2)CCO1. The van der Waals surface area contributed by atoms with Crippen molar-refractivity contribution in [3.8, 4) is 11.1 Å². The summed E-state index contributed by atoms with van der Waals surface area (Å²) in [5.74, 6) is 0. The Morgan fingerprint density at radius 3 is 3.13 bits per heavy atom. The van der Waals surface area contributed by atoms with E-state index >= 15 is 0 Å². The number of thiophene rings is 1. The average molecular weight is 332 g/mol. The van der Waals surface area contributed by atoms with Gasteiger partial charge in [-0.25, -0.2) is 4.79 Å². The molecule has 1 aliphatic heterocycles. The van der Waals surface area contributed by atoms with Crippen molar-refractivity contribution in [3.05, 3.63) is 41.1 Å². The average Bonchev–Trinajstić information content (AvgIpc) is 3.10. The Morgan fingerprint density at radius 2 is 2.35 bits per heavy atom. The number of carbonyl (C=O) groups excluding carboxylic acids is 1. The van der Waals surface area contributed by atoms with E-state index in [1.54, 1.807) is 23.3 Å². The van der Waals surface area contributed by atoms with Crippen LogP contribution in [0.5, 0.6) is 0 Å². The maximum Gasteiger partial charge on any atom is 0.322 e. The Bertz CT molecular complexity index is 643. The first-order chi connectivity index (χ1) is 11.3. The maximum atomic E-state index is 12.4. The van der Waals surface area contributed by atoms with Crippen LogP contribution in [0.2, 0.25) is 0 Å². The fourth-order valence-electron chi connectivity index (χ4n) is 2.60. The Labute approximate surface area is 139 Å².